The Kier molecular flexibility index (Phi) is 2.12. The molecule has 1 N–H and O–H groups in total. The van der Waals surface area contributed by atoms with Gasteiger partial charge < -0.3 is 0 Å². The first kappa shape index (κ1) is 7.61. The molecular formula is C7H9N3O. The maximum Gasteiger partial charge on any atom is 0.266 e. The molecule has 1 aromatic rings. The summed E-state index contributed by atoms with van der Waals surface area (Å²) in [6.45, 7) is 2.26. The second-order valence-electron chi connectivity index (χ2n) is 2.34. The molecule has 4 nitrogen and oxygen atoms in total. The summed E-state index contributed by atoms with van der Waals surface area (Å²) in [5.41, 5.74) is 0.755. The van der Waals surface area contributed by atoms with Gasteiger partial charge in [-0.25, -0.2) is 0 Å². The molecule has 4 heteroatoms. The highest BCUT2D eigenvalue weighted by molar-refractivity contribution is 4.95. The van der Waals surface area contributed by atoms with Crippen molar-refractivity contribution in [3.05, 3.63) is 22.1 Å². The van der Waals surface area contributed by atoms with Crippen LogP contribution in [0.3, 0.4) is 0 Å². The zero-order valence-electron chi connectivity index (χ0n) is 6.29. The highest BCUT2D eigenvalue weighted by atomic mass is 16.1. The first-order valence-electron chi connectivity index (χ1n) is 3.37. The van der Waals surface area contributed by atoms with Crippen LogP contribution in [0.4, 0.5) is 0 Å². The van der Waals surface area contributed by atoms with Gasteiger partial charge >= 0.3 is 0 Å². The first-order valence-corrected chi connectivity index (χ1v) is 3.37. The molecule has 0 radical (unpaired) electrons. The number of nitrogens with one attached hydrogen (secondary N) is 1. The minimum atomic E-state index is -0.0715. The van der Waals surface area contributed by atoms with Crippen LogP contribution in [0.25, 0.3) is 0 Å². The standard InChI is InChI=1S/C7H9N3O/c1-6-5-7(11)10(9-6)4-2-3-8/h5,9H,2,4H2,1H3. The molecule has 0 saturated carbocycles. The molecule has 0 amide bonds. The van der Waals surface area contributed by atoms with E-state index in [9.17, 15) is 4.79 Å². The number of aryl methyl sites for hydroxylation is 2. The Morgan fingerprint density at radius 2 is 2.55 bits per heavy atom. The number of hydrogen-bond donors (Lipinski definition) is 1. The second-order valence-corrected chi connectivity index (χ2v) is 2.34. The third-order valence-electron chi connectivity index (χ3n) is 1.36. The topological polar surface area (TPSA) is 61.6 Å². The lowest BCUT2D eigenvalue weighted by Gasteiger charge is -1.94. The Bertz CT molecular complexity index is 328. The lowest BCUT2D eigenvalue weighted by Crippen LogP contribution is -2.15. The van der Waals surface area contributed by atoms with Gasteiger partial charge in [0.15, 0.2) is 0 Å². The van der Waals surface area contributed by atoms with E-state index >= 15 is 0 Å². The van der Waals surface area contributed by atoms with Crippen LogP contribution in [0.1, 0.15) is 12.1 Å². The van der Waals surface area contributed by atoms with Gasteiger partial charge in [0.25, 0.3) is 5.56 Å². The van der Waals surface area contributed by atoms with E-state index in [4.69, 9.17) is 5.26 Å². The number of aromatic amines is 1. The summed E-state index contributed by atoms with van der Waals surface area (Å²) < 4.78 is 1.43. The Morgan fingerprint density at radius 1 is 1.82 bits per heavy atom. The average molecular weight is 151 g/mol. The van der Waals surface area contributed by atoms with Crippen molar-refractivity contribution in [2.24, 2.45) is 0 Å². The van der Waals surface area contributed by atoms with Crippen molar-refractivity contribution >= 4 is 0 Å². The molecule has 0 saturated heterocycles. The smallest absolute Gasteiger partial charge is 0.266 e. The lowest BCUT2D eigenvalue weighted by atomic mass is 10.5. The van der Waals surface area contributed by atoms with E-state index in [2.05, 4.69) is 5.10 Å². The maximum absolute atomic E-state index is 11.0. The number of aromatic nitrogens is 2. The average Bonchev–Trinajstić information content (AvgIpc) is 2.26. The Hall–Kier alpha value is -1.50. The lowest BCUT2D eigenvalue weighted by molar-refractivity contribution is 0.604. The van der Waals surface area contributed by atoms with Gasteiger partial charge in [-0.1, -0.05) is 0 Å². The van der Waals surface area contributed by atoms with Crippen molar-refractivity contribution in [2.75, 3.05) is 0 Å². The SMILES string of the molecule is Cc1cc(=O)n(CCC#N)[nH]1. The van der Waals surface area contributed by atoms with Gasteiger partial charge in [0, 0.05) is 11.8 Å². The van der Waals surface area contributed by atoms with Gasteiger partial charge in [-0.2, -0.15) is 5.26 Å². The highest BCUT2D eigenvalue weighted by Gasteiger charge is 1.96. The minimum Gasteiger partial charge on any atom is -0.300 e. The van der Waals surface area contributed by atoms with Crippen molar-refractivity contribution in [3.8, 4) is 6.07 Å². The van der Waals surface area contributed by atoms with E-state index in [1.54, 1.807) is 0 Å². The molecule has 0 unspecified atom stereocenters. The van der Waals surface area contributed by atoms with Crippen LogP contribution in [0.2, 0.25) is 0 Å². The van der Waals surface area contributed by atoms with Crippen LogP contribution in [0.15, 0.2) is 10.9 Å². The molecule has 1 aromatic heterocycles. The molecule has 1 rings (SSSR count). The molecule has 0 aliphatic heterocycles. The van der Waals surface area contributed by atoms with E-state index in [0.717, 1.165) is 5.69 Å². The molecule has 0 bridgehead atoms. The maximum atomic E-state index is 11.0. The number of nitrogens with zero attached hydrogens (tertiary/aromatic N) is 2. The number of H-pyrrole nitrogens is 1. The Labute approximate surface area is 64.1 Å². The molecular weight excluding hydrogens is 142 g/mol. The third kappa shape index (κ3) is 1.71. The highest BCUT2D eigenvalue weighted by Crippen LogP contribution is 1.87. The summed E-state index contributed by atoms with van der Waals surface area (Å²) in [6, 6.07) is 3.48. The normalized spacial score (nSPS) is 9.45. The quantitative estimate of drug-likeness (QED) is 0.665. The van der Waals surface area contributed by atoms with Gasteiger partial charge in [0.1, 0.15) is 0 Å². The number of nitriles is 1. The van der Waals surface area contributed by atoms with Crippen LogP contribution in [-0.4, -0.2) is 9.78 Å². The molecule has 0 spiro atoms. The molecule has 0 fully saturated rings. The van der Waals surface area contributed by atoms with Gasteiger partial charge in [0.2, 0.25) is 0 Å². The van der Waals surface area contributed by atoms with Crippen LogP contribution in [-0.2, 0) is 6.54 Å². The van der Waals surface area contributed by atoms with Gasteiger partial charge in [-0.05, 0) is 6.92 Å². The molecule has 58 valence electrons. The van der Waals surface area contributed by atoms with Crippen LogP contribution >= 0.6 is 0 Å². The van der Waals surface area contributed by atoms with E-state index < -0.39 is 0 Å². The zero-order valence-corrected chi connectivity index (χ0v) is 6.29. The molecule has 11 heavy (non-hydrogen) atoms. The van der Waals surface area contributed by atoms with E-state index in [1.165, 1.54) is 10.7 Å². The Balaban J connectivity index is 2.80. The van der Waals surface area contributed by atoms with Crippen molar-refractivity contribution in [1.29, 1.82) is 5.26 Å². The fourth-order valence-electron chi connectivity index (χ4n) is 0.891. The largest absolute Gasteiger partial charge is 0.300 e. The van der Waals surface area contributed by atoms with Crippen LogP contribution in [0.5, 0.6) is 0 Å². The summed E-state index contributed by atoms with van der Waals surface area (Å²) >= 11 is 0. The minimum absolute atomic E-state index is 0.0715. The monoisotopic (exact) mass is 151 g/mol. The predicted molar refractivity (Wildman–Crippen MR) is 40.0 cm³/mol. The van der Waals surface area contributed by atoms with Crippen molar-refractivity contribution in [3.63, 3.8) is 0 Å². The molecule has 0 aliphatic carbocycles. The van der Waals surface area contributed by atoms with E-state index in [-0.39, 0.29) is 5.56 Å². The van der Waals surface area contributed by atoms with Crippen LogP contribution in [0, 0.1) is 18.3 Å². The van der Waals surface area contributed by atoms with Crippen molar-refractivity contribution in [1.82, 2.24) is 9.78 Å². The third-order valence-corrected chi connectivity index (χ3v) is 1.36. The Morgan fingerprint density at radius 3 is 3.00 bits per heavy atom. The number of rotatable bonds is 2. The molecule has 0 aliphatic rings. The van der Waals surface area contributed by atoms with Gasteiger partial charge in [-0.3, -0.25) is 14.6 Å². The summed E-state index contributed by atoms with van der Waals surface area (Å²) in [7, 11) is 0. The summed E-state index contributed by atoms with van der Waals surface area (Å²) in [5.74, 6) is 0. The van der Waals surface area contributed by atoms with E-state index in [0.29, 0.717) is 13.0 Å². The van der Waals surface area contributed by atoms with Gasteiger partial charge in [-0.15, -0.1) is 0 Å². The van der Waals surface area contributed by atoms with E-state index in [1.807, 2.05) is 13.0 Å². The first-order chi connectivity index (χ1) is 5.24. The zero-order chi connectivity index (χ0) is 8.27. The van der Waals surface area contributed by atoms with Crippen molar-refractivity contribution in [2.45, 2.75) is 19.9 Å². The molecule has 0 aromatic carbocycles. The summed E-state index contributed by atoms with van der Waals surface area (Å²) in [4.78, 5) is 11.0. The summed E-state index contributed by atoms with van der Waals surface area (Å²) in [6.07, 6.45) is 0.361. The molecule has 0 atom stereocenters. The number of hydrogen-bond acceptors (Lipinski definition) is 2. The van der Waals surface area contributed by atoms with Gasteiger partial charge in [0.05, 0.1) is 19.0 Å². The fraction of sp³-hybridized carbons (Fsp3) is 0.429. The summed E-state index contributed by atoms with van der Waals surface area (Å²) in [5, 5.41) is 11.1. The van der Waals surface area contributed by atoms with Crippen molar-refractivity contribution < 1.29 is 0 Å². The molecule has 1 heterocycles. The fourth-order valence-corrected chi connectivity index (χ4v) is 0.891. The van der Waals surface area contributed by atoms with Crippen LogP contribution < -0.4 is 5.56 Å². The second kappa shape index (κ2) is 3.06. The predicted octanol–water partition coefficient (Wildman–Crippen LogP) is 0.398.